The zero-order valence-corrected chi connectivity index (χ0v) is 14.1. The van der Waals surface area contributed by atoms with Crippen molar-refractivity contribution >= 4 is 33.9 Å². The minimum Gasteiger partial charge on any atom is -0.274 e. The molecule has 122 valence electrons. The molecule has 0 fully saturated rings. The van der Waals surface area contributed by atoms with Gasteiger partial charge in [-0.05, 0) is 12.1 Å². The number of hydrogen-bond donors (Lipinski definition) is 0. The second-order valence-corrected chi connectivity index (χ2v) is 7.27. The number of imidazole rings is 2. The summed E-state index contributed by atoms with van der Waals surface area (Å²) in [5, 5.41) is 0. The first-order valence-corrected chi connectivity index (χ1v) is 8.43. The van der Waals surface area contributed by atoms with E-state index in [0.717, 1.165) is 33.7 Å². The standard InChI is InChI=1S/C18H18N4O2/c1-7-9(3)17(23)21-13-6-14-12(5-11(13)19-15(7)21)20-16-8(2)10(4)18(24)22(14)16/h5-10H,1-4H3. The molecular formula is C18H18N4O2. The van der Waals surface area contributed by atoms with Crippen LogP contribution in [0, 0.1) is 11.8 Å². The maximum Gasteiger partial charge on any atom is 0.236 e. The van der Waals surface area contributed by atoms with Gasteiger partial charge in [0.15, 0.2) is 0 Å². The van der Waals surface area contributed by atoms with Crippen molar-refractivity contribution in [2.45, 2.75) is 39.5 Å². The van der Waals surface area contributed by atoms with Gasteiger partial charge in [0.25, 0.3) is 0 Å². The zero-order valence-electron chi connectivity index (χ0n) is 14.1. The highest BCUT2D eigenvalue weighted by Gasteiger charge is 2.39. The SMILES string of the molecule is CC1C(=O)n2c(nc3cc4nc5n(c4cc32)C(=O)C(C)C5C)C1C. The van der Waals surface area contributed by atoms with E-state index in [1.54, 1.807) is 9.13 Å². The van der Waals surface area contributed by atoms with Gasteiger partial charge in [-0.2, -0.15) is 0 Å². The van der Waals surface area contributed by atoms with Crippen LogP contribution < -0.4 is 0 Å². The predicted octanol–water partition coefficient (Wildman–Crippen LogP) is 3.17. The van der Waals surface area contributed by atoms with Gasteiger partial charge in [-0.1, -0.05) is 27.7 Å². The van der Waals surface area contributed by atoms with Crippen LogP contribution >= 0.6 is 0 Å². The van der Waals surface area contributed by atoms with Crippen molar-refractivity contribution in [3.8, 4) is 0 Å². The number of hydrogen-bond acceptors (Lipinski definition) is 4. The molecule has 2 aliphatic heterocycles. The molecule has 0 saturated heterocycles. The van der Waals surface area contributed by atoms with Crippen molar-refractivity contribution in [3.63, 3.8) is 0 Å². The van der Waals surface area contributed by atoms with Crippen LogP contribution in [0.4, 0.5) is 0 Å². The molecule has 5 rings (SSSR count). The Morgan fingerprint density at radius 3 is 1.54 bits per heavy atom. The van der Waals surface area contributed by atoms with Crippen LogP contribution in [-0.2, 0) is 0 Å². The summed E-state index contributed by atoms with van der Waals surface area (Å²) in [5.41, 5.74) is 3.10. The molecule has 0 radical (unpaired) electrons. The third-order valence-electron chi connectivity index (χ3n) is 6.02. The van der Waals surface area contributed by atoms with Crippen molar-refractivity contribution in [2.24, 2.45) is 11.8 Å². The minimum absolute atomic E-state index is 0.0644. The van der Waals surface area contributed by atoms with Crippen molar-refractivity contribution < 1.29 is 9.59 Å². The van der Waals surface area contributed by atoms with Crippen molar-refractivity contribution in [2.75, 3.05) is 0 Å². The minimum atomic E-state index is -0.0644. The molecule has 6 heteroatoms. The summed E-state index contributed by atoms with van der Waals surface area (Å²) in [6.07, 6.45) is 0. The highest BCUT2D eigenvalue weighted by atomic mass is 16.2. The Morgan fingerprint density at radius 1 is 0.708 bits per heavy atom. The van der Waals surface area contributed by atoms with Gasteiger partial charge >= 0.3 is 0 Å². The normalized spacial score (nSPS) is 29.0. The number of aromatic nitrogens is 4. The second-order valence-electron chi connectivity index (χ2n) is 7.27. The van der Waals surface area contributed by atoms with Crippen LogP contribution in [0.3, 0.4) is 0 Å². The largest absolute Gasteiger partial charge is 0.274 e. The van der Waals surface area contributed by atoms with Gasteiger partial charge in [0.1, 0.15) is 11.6 Å². The highest BCUT2D eigenvalue weighted by molar-refractivity contribution is 6.03. The predicted molar refractivity (Wildman–Crippen MR) is 89.4 cm³/mol. The summed E-state index contributed by atoms with van der Waals surface area (Å²) in [6.45, 7) is 7.94. The van der Waals surface area contributed by atoms with Gasteiger partial charge in [-0.15, -0.1) is 0 Å². The maximum absolute atomic E-state index is 12.6. The fraction of sp³-hybridized carbons (Fsp3) is 0.444. The van der Waals surface area contributed by atoms with Gasteiger partial charge in [0.2, 0.25) is 11.8 Å². The first-order valence-electron chi connectivity index (χ1n) is 8.43. The third-order valence-corrected chi connectivity index (χ3v) is 6.02. The van der Waals surface area contributed by atoms with E-state index in [1.807, 2.05) is 39.8 Å². The molecule has 3 aromatic rings. The van der Waals surface area contributed by atoms with Crippen LogP contribution in [0.1, 0.15) is 60.8 Å². The first kappa shape index (κ1) is 13.9. The van der Waals surface area contributed by atoms with Gasteiger partial charge in [-0.3, -0.25) is 18.7 Å². The Kier molecular flexibility index (Phi) is 2.39. The van der Waals surface area contributed by atoms with E-state index in [1.165, 1.54) is 0 Å². The fourth-order valence-corrected chi connectivity index (χ4v) is 4.04. The van der Waals surface area contributed by atoms with Crippen molar-refractivity contribution in [1.29, 1.82) is 0 Å². The third kappa shape index (κ3) is 1.38. The molecular weight excluding hydrogens is 304 g/mol. The maximum atomic E-state index is 12.6. The molecule has 0 aliphatic carbocycles. The molecule has 1 aromatic carbocycles. The lowest BCUT2D eigenvalue weighted by Crippen LogP contribution is -2.13. The van der Waals surface area contributed by atoms with Gasteiger partial charge < -0.3 is 0 Å². The van der Waals surface area contributed by atoms with Crippen LogP contribution in [-0.4, -0.2) is 30.9 Å². The monoisotopic (exact) mass is 322 g/mol. The molecule has 4 atom stereocenters. The van der Waals surface area contributed by atoms with Crippen LogP contribution in [0.2, 0.25) is 0 Å². The van der Waals surface area contributed by atoms with E-state index in [9.17, 15) is 9.59 Å². The molecule has 0 amide bonds. The number of carbonyl (C=O) groups excluding carboxylic acids is 2. The zero-order chi connectivity index (χ0) is 16.9. The van der Waals surface area contributed by atoms with Crippen LogP contribution in [0.25, 0.3) is 22.1 Å². The van der Waals surface area contributed by atoms with Gasteiger partial charge in [0, 0.05) is 23.7 Å². The van der Waals surface area contributed by atoms with Gasteiger partial charge in [-0.25, -0.2) is 9.97 Å². The average Bonchev–Trinajstić information content (AvgIpc) is 3.22. The van der Waals surface area contributed by atoms with Crippen molar-refractivity contribution in [3.05, 3.63) is 23.8 Å². The lowest BCUT2D eigenvalue weighted by molar-refractivity contribution is 0.0864. The summed E-state index contributed by atoms with van der Waals surface area (Å²) in [7, 11) is 0. The molecule has 6 nitrogen and oxygen atoms in total. The molecule has 24 heavy (non-hydrogen) atoms. The smallest absolute Gasteiger partial charge is 0.236 e. The topological polar surface area (TPSA) is 69.8 Å². The van der Waals surface area contributed by atoms with E-state index in [2.05, 4.69) is 9.97 Å². The van der Waals surface area contributed by atoms with E-state index < -0.39 is 0 Å². The molecule has 2 aromatic heterocycles. The lowest BCUT2D eigenvalue weighted by atomic mass is 9.98. The molecule has 0 N–H and O–H groups in total. The Bertz CT molecular complexity index is 992. The number of fused-ring (bicyclic) bond motifs is 6. The van der Waals surface area contributed by atoms with Crippen LogP contribution in [0.5, 0.6) is 0 Å². The van der Waals surface area contributed by atoms with E-state index in [-0.39, 0.29) is 35.5 Å². The Labute approximate surface area is 138 Å². The number of benzene rings is 1. The van der Waals surface area contributed by atoms with Crippen molar-refractivity contribution in [1.82, 2.24) is 19.1 Å². The Morgan fingerprint density at radius 2 is 1.12 bits per heavy atom. The summed E-state index contributed by atoms with van der Waals surface area (Å²) in [4.78, 5) is 34.5. The average molecular weight is 322 g/mol. The molecule has 0 spiro atoms. The first-order chi connectivity index (χ1) is 11.4. The Balaban J connectivity index is 1.85. The number of nitrogens with zero attached hydrogens (tertiary/aromatic N) is 4. The Hall–Kier alpha value is -2.50. The molecule has 2 aliphatic rings. The molecule has 0 saturated carbocycles. The summed E-state index contributed by atoms with van der Waals surface area (Å²) in [6, 6.07) is 3.81. The molecule has 4 unspecified atom stereocenters. The molecule has 0 bridgehead atoms. The molecule has 4 heterocycles. The van der Waals surface area contributed by atoms with E-state index in [0.29, 0.717) is 0 Å². The number of rotatable bonds is 0. The summed E-state index contributed by atoms with van der Waals surface area (Å²) < 4.78 is 3.44. The fourth-order valence-electron chi connectivity index (χ4n) is 4.04. The van der Waals surface area contributed by atoms with E-state index in [4.69, 9.17) is 0 Å². The summed E-state index contributed by atoms with van der Waals surface area (Å²) in [5.74, 6) is 1.85. The van der Waals surface area contributed by atoms with Gasteiger partial charge in [0.05, 0.1) is 22.1 Å². The number of carbonyl (C=O) groups is 2. The quantitative estimate of drug-likeness (QED) is 0.637. The van der Waals surface area contributed by atoms with E-state index >= 15 is 0 Å². The lowest BCUT2D eigenvalue weighted by Gasteiger charge is -2.06. The highest BCUT2D eigenvalue weighted by Crippen LogP contribution is 2.39. The second kappa shape index (κ2) is 4.12. The van der Waals surface area contributed by atoms with Crippen LogP contribution in [0.15, 0.2) is 12.1 Å². The summed E-state index contributed by atoms with van der Waals surface area (Å²) >= 11 is 0.